The second-order valence-electron chi connectivity index (χ2n) is 5.41. The fourth-order valence-corrected chi connectivity index (χ4v) is 1.65. The third-order valence-electron chi connectivity index (χ3n) is 2.52. The average Bonchev–Trinajstić information content (AvgIpc) is 2.67. The van der Waals surface area contributed by atoms with Gasteiger partial charge in [0, 0.05) is 6.04 Å². The lowest BCUT2D eigenvalue weighted by Crippen LogP contribution is -2.68. The molecule has 0 spiro atoms. The summed E-state index contributed by atoms with van der Waals surface area (Å²) in [5.41, 5.74) is 0. The Bertz CT molecular complexity index is 419. The molecular weight excluding hydrogens is 298 g/mol. The van der Waals surface area contributed by atoms with E-state index in [1.165, 1.54) is 5.82 Å². The van der Waals surface area contributed by atoms with Crippen LogP contribution in [-0.2, 0) is 0 Å². The van der Waals surface area contributed by atoms with Crippen molar-refractivity contribution in [1.82, 2.24) is 4.57 Å². The zero-order valence-electron chi connectivity index (χ0n) is 13.3. The highest BCUT2D eigenvalue weighted by atomic mass is 35.7. The van der Waals surface area contributed by atoms with E-state index in [1.54, 1.807) is 0 Å². The number of imidazole rings is 1. The van der Waals surface area contributed by atoms with E-state index in [0.29, 0.717) is 18.1 Å². The standard InChI is InChI=1S/C13H24N3.ClHO4/c1-10(2)14-9-13-15(11(3)4)7-8-16(13)12(5)6;2-1(3,4)5/h7-12H,1-6H3;(H,2,3,4,5)/q+1;/p-1. The first-order chi connectivity index (χ1) is 9.43. The number of rotatable bonds is 4. The fraction of sp³-hybridized carbons (Fsp3) is 0.692. The smallest absolute Gasteiger partial charge is 0.282 e. The van der Waals surface area contributed by atoms with Gasteiger partial charge in [0.25, 0.3) is 5.82 Å². The third-order valence-corrected chi connectivity index (χ3v) is 2.52. The van der Waals surface area contributed by atoms with E-state index in [1.807, 2.05) is 6.21 Å². The van der Waals surface area contributed by atoms with Gasteiger partial charge in [-0.2, -0.15) is 0 Å². The summed E-state index contributed by atoms with van der Waals surface area (Å²) >= 11 is 0. The molecule has 0 bridgehead atoms. The largest absolute Gasteiger partial charge is 0.300 e. The number of hydrogen-bond acceptors (Lipinski definition) is 5. The zero-order chi connectivity index (χ0) is 16.8. The summed E-state index contributed by atoms with van der Waals surface area (Å²) in [6.45, 7) is 13.0. The van der Waals surface area contributed by atoms with Crippen LogP contribution < -0.4 is 23.2 Å². The van der Waals surface area contributed by atoms with Gasteiger partial charge in [0.2, 0.25) is 0 Å². The Balaban J connectivity index is 0.000000690. The number of aliphatic imine (C=N–C) groups is 1. The van der Waals surface area contributed by atoms with Gasteiger partial charge in [0.1, 0.15) is 18.6 Å². The number of aromatic nitrogens is 2. The highest BCUT2D eigenvalue weighted by Crippen LogP contribution is 2.07. The molecule has 0 radical (unpaired) electrons. The van der Waals surface area contributed by atoms with Gasteiger partial charge in [-0.15, -0.1) is 10.2 Å². The maximum Gasteiger partial charge on any atom is 0.300 e. The molecule has 0 aliphatic carbocycles. The zero-order valence-corrected chi connectivity index (χ0v) is 14.1. The molecule has 8 heteroatoms. The first-order valence-corrected chi connectivity index (χ1v) is 7.93. The van der Waals surface area contributed by atoms with E-state index in [0.717, 1.165) is 0 Å². The maximum atomic E-state index is 8.49. The molecular formula is C13H24ClN3O4. The van der Waals surface area contributed by atoms with Crippen molar-refractivity contribution >= 4 is 6.21 Å². The second kappa shape index (κ2) is 8.45. The van der Waals surface area contributed by atoms with E-state index in [-0.39, 0.29) is 0 Å². The Morgan fingerprint density at radius 3 is 1.90 bits per heavy atom. The van der Waals surface area contributed by atoms with Gasteiger partial charge in [-0.3, -0.25) is 4.99 Å². The Hall–Kier alpha value is -0.990. The molecule has 0 atom stereocenters. The van der Waals surface area contributed by atoms with Crippen LogP contribution in [0.15, 0.2) is 17.4 Å². The molecule has 0 aliphatic heterocycles. The van der Waals surface area contributed by atoms with Gasteiger partial charge in [-0.1, -0.05) is 0 Å². The van der Waals surface area contributed by atoms with Gasteiger partial charge in [-0.05, 0) is 41.5 Å². The molecule has 0 unspecified atom stereocenters. The Morgan fingerprint density at radius 1 is 1.10 bits per heavy atom. The van der Waals surface area contributed by atoms with E-state index >= 15 is 0 Å². The van der Waals surface area contributed by atoms with Crippen LogP contribution in [0.3, 0.4) is 0 Å². The lowest BCUT2D eigenvalue weighted by molar-refractivity contribution is -2.00. The quantitative estimate of drug-likeness (QED) is 0.471. The molecule has 1 rings (SSSR count). The topological polar surface area (TPSA) is 113 Å². The van der Waals surface area contributed by atoms with Crippen molar-refractivity contribution < 1.29 is 33.4 Å². The highest BCUT2D eigenvalue weighted by Gasteiger charge is 2.19. The Kier molecular flexibility index (Phi) is 8.05. The summed E-state index contributed by atoms with van der Waals surface area (Å²) in [7, 11) is -4.94. The van der Waals surface area contributed by atoms with Crippen LogP contribution in [0.4, 0.5) is 0 Å². The van der Waals surface area contributed by atoms with Gasteiger partial charge < -0.3 is 0 Å². The lowest BCUT2D eigenvalue weighted by Gasteiger charge is -2.17. The molecule has 1 aromatic heterocycles. The van der Waals surface area contributed by atoms with Gasteiger partial charge in [0.15, 0.2) is 0 Å². The first kappa shape index (κ1) is 20.0. The molecule has 0 fully saturated rings. The molecule has 122 valence electrons. The molecule has 1 aromatic rings. The predicted molar refractivity (Wildman–Crippen MR) is 68.1 cm³/mol. The van der Waals surface area contributed by atoms with Crippen molar-refractivity contribution in [1.29, 1.82) is 0 Å². The fourth-order valence-electron chi connectivity index (χ4n) is 1.65. The normalized spacial score (nSPS) is 12.4. The van der Waals surface area contributed by atoms with Crippen LogP contribution in [-0.4, -0.2) is 16.8 Å². The van der Waals surface area contributed by atoms with E-state index in [4.69, 9.17) is 18.6 Å². The van der Waals surface area contributed by atoms with Crippen LogP contribution in [0.25, 0.3) is 0 Å². The van der Waals surface area contributed by atoms with E-state index in [9.17, 15) is 0 Å². The molecule has 1 heterocycles. The minimum absolute atomic E-state index is 0.344. The minimum Gasteiger partial charge on any atom is -0.282 e. The van der Waals surface area contributed by atoms with Crippen molar-refractivity contribution in [3.8, 4) is 0 Å². The Morgan fingerprint density at radius 2 is 1.57 bits per heavy atom. The summed E-state index contributed by atoms with van der Waals surface area (Å²) in [5, 5.41) is 0. The van der Waals surface area contributed by atoms with E-state index in [2.05, 4.69) is 68.1 Å². The summed E-state index contributed by atoms with van der Waals surface area (Å²) in [6, 6.07) is 1.28. The summed E-state index contributed by atoms with van der Waals surface area (Å²) < 4.78 is 38.5. The summed E-state index contributed by atoms with van der Waals surface area (Å²) in [6.07, 6.45) is 6.25. The second-order valence-corrected chi connectivity index (χ2v) is 6.16. The Labute approximate surface area is 127 Å². The van der Waals surface area contributed by atoms with Crippen LogP contribution in [0.5, 0.6) is 0 Å². The molecule has 0 aromatic carbocycles. The maximum absolute atomic E-state index is 8.49. The van der Waals surface area contributed by atoms with E-state index < -0.39 is 10.2 Å². The van der Waals surface area contributed by atoms with Gasteiger partial charge >= 0.3 is 0 Å². The summed E-state index contributed by atoms with van der Waals surface area (Å²) in [4.78, 5) is 4.49. The van der Waals surface area contributed by atoms with Crippen LogP contribution in [0, 0.1) is 10.2 Å². The number of hydrogen-bond donors (Lipinski definition) is 0. The van der Waals surface area contributed by atoms with Crippen LogP contribution in [0.2, 0.25) is 0 Å². The highest BCUT2D eigenvalue weighted by molar-refractivity contribution is 5.73. The first-order valence-electron chi connectivity index (χ1n) is 6.70. The molecule has 21 heavy (non-hydrogen) atoms. The lowest BCUT2D eigenvalue weighted by atomic mass is 10.3. The van der Waals surface area contributed by atoms with Crippen LogP contribution in [0.1, 0.15) is 59.5 Å². The molecule has 7 nitrogen and oxygen atoms in total. The monoisotopic (exact) mass is 321 g/mol. The molecule has 0 saturated carbocycles. The molecule has 0 saturated heterocycles. The predicted octanol–water partition coefficient (Wildman–Crippen LogP) is -1.99. The van der Waals surface area contributed by atoms with Crippen molar-refractivity contribution in [3.63, 3.8) is 0 Å². The van der Waals surface area contributed by atoms with Crippen LogP contribution >= 0.6 is 0 Å². The minimum atomic E-state index is -4.94. The van der Waals surface area contributed by atoms with Crippen molar-refractivity contribution in [2.24, 2.45) is 4.99 Å². The third kappa shape index (κ3) is 8.79. The summed E-state index contributed by atoms with van der Waals surface area (Å²) in [5.74, 6) is 1.18. The molecule has 0 amide bonds. The number of halogens is 1. The van der Waals surface area contributed by atoms with Crippen molar-refractivity contribution in [2.45, 2.75) is 59.7 Å². The number of nitrogens with zero attached hydrogens (tertiary/aromatic N) is 3. The SMILES string of the molecule is CC(C)N=Cc1n(C(C)C)cc[n+]1C(C)C.[O-][Cl+3]([O-])([O-])[O-]. The van der Waals surface area contributed by atoms with Crippen molar-refractivity contribution in [3.05, 3.63) is 18.2 Å². The molecule has 0 N–H and O–H groups in total. The average molecular weight is 322 g/mol. The van der Waals surface area contributed by atoms with Gasteiger partial charge in [-0.25, -0.2) is 27.8 Å². The van der Waals surface area contributed by atoms with Crippen molar-refractivity contribution in [2.75, 3.05) is 0 Å². The molecule has 0 aliphatic rings. The van der Waals surface area contributed by atoms with Gasteiger partial charge in [0.05, 0.1) is 12.1 Å².